The highest BCUT2D eigenvalue weighted by atomic mass is 15.2. The van der Waals surface area contributed by atoms with Gasteiger partial charge in [0, 0.05) is 25.2 Å². The van der Waals surface area contributed by atoms with Crippen LogP contribution in [0.2, 0.25) is 0 Å². The molecule has 0 aromatic carbocycles. The summed E-state index contributed by atoms with van der Waals surface area (Å²) in [6.45, 7) is 7.33. The molecule has 2 N–H and O–H groups in total. The average molecular weight is 196 g/mol. The van der Waals surface area contributed by atoms with E-state index in [1.54, 1.807) is 0 Å². The van der Waals surface area contributed by atoms with Gasteiger partial charge in [0.25, 0.3) is 0 Å². The quantitative estimate of drug-likeness (QED) is 0.748. The molecule has 1 aliphatic heterocycles. The molecule has 1 saturated carbocycles. The van der Waals surface area contributed by atoms with Crippen LogP contribution < -0.4 is 5.73 Å². The molecular weight excluding hydrogens is 172 g/mol. The van der Waals surface area contributed by atoms with Gasteiger partial charge in [-0.15, -0.1) is 0 Å². The van der Waals surface area contributed by atoms with Crippen molar-refractivity contribution in [2.45, 2.75) is 58.0 Å². The van der Waals surface area contributed by atoms with Crippen molar-refractivity contribution >= 4 is 0 Å². The standard InChI is InChI=1S/C12H24N2/c1-3-12(4-2)8-14(9-12)11-6-5-10(13)7-11/h10-11H,3-9,13H2,1-2H3. The fourth-order valence-electron chi connectivity index (χ4n) is 3.09. The third-order valence-electron chi connectivity index (χ3n) is 4.54. The molecule has 0 bridgehead atoms. The fourth-order valence-corrected chi connectivity index (χ4v) is 3.09. The van der Waals surface area contributed by atoms with E-state index in [4.69, 9.17) is 5.73 Å². The van der Waals surface area contributed by atoms with Crippen LogP contribution in [0.4, 0.5) is 0 Å². The van der Waals surface area contributed by atoms with Crippen LogP contribution >= 0.6 is 0 Å². The van der Waals surface area contributed by atoms with Gasteiger partial charge in [-0.3, -0.25) is 4.90 Å². The number of nitrogens with two attached hydrogens (primary N) is 1. The molecule has 2 aliphatic rings. The maximum absolute atomic E-state index is 5.95. The van der Waals surface area contributed by atoms with Gasteiger partial charge in [-0.25, -0.2) is 0 Å². The summed E-state index contributed by atoms with van der Waals surface area (Å²) in [5.41, 5.74) is 6.61. The topological polar surface area (TPSA) is 29.3 Å². The lowest BCUT2D eigenvalue weighted by Crippen LogP contribution is -2.59. The lowest BCUT2D eigenvalue weighted by atomic mass is 9.74. The van der Waals surface area contributed by atoms with Gasteiger partial charge in [-0.1, -0.05) is 13.8 Å². The number of hydrogen-bond acceptors (Lipinski definition) is 2. The van der Waals surface area contributed by atoms with Crippen LogP contribution in [0.3, 0.4) is 0 Å². The summed E-state index contributed by atoms with van der Waals surface area (Å²) < 4.78 is 0. The van der Waals surface area contributed by atoms with Crippen molar-refractivity contribution in [1.82, 2.24) is 4.90 Å². The molecule has 2 heteroatoms. The van der Waals surface area contributed by atoms with Crippen LogP contribution in [0.5, 0.6) is 0 Å². The summed E-state index contributed by atoms with van der Waals surface area (Å²) >= 11 is 0. The van der Waals surface area contributed by atoms with Crippen molar-refractivity contribution in [2.75, 3.05) is 13.1 Å². The molecule has 1 aliphatic carbocycles. The van der Waals surface area contributed by atoms with Crippen molar-refractivity contribution in [3.63, 3.8) is 0 Å². The molecule has 1 saturated heterocycles. The Bertz CT molecular complexity index is 190. The Balaban J connectivity index is 1.82. The van der Waals surface area contributed by atoms with Crippen LogP contribution in [-0.4, -0.2) is 30.1 Å². The van der Waals surface area contributed by atoms with E-state index in [2.05, 4.69) is 18.7 Å². The first-order valence-electron chi connectivity index (χ1n) is 6.19. The maximum Gasteiger partial charge on any atom is 0.0111 e. The molecule has 1 heterocycles. The Morgan fingerprint density at radius 2 is 1.86 bits per heavy atom. The molecular formula is C12H24N2. The van der Waals surface area contributed by atoms with Crippen molar-refractivity contribution < 1.29 is 0 Å². The Kier molecular flexibility index (Phi) is 2.85. The second-order valence-corrected chi connectivity index (χ2v) is 5.34. The molecule has 2 nitrogen and oxygen atoms in total. The molecule has 82 valence electrons. The van der Waals surface area contributed by atoms with Crippen LogP contribution in [0, 0.1) is 5.41 Å². The van der Waals surface area contributed by atoms with Gasteiger partial charge in [0.1, 0.15) is 0 Å². The number of likely N-dealkylation sites (tertiary alicyclic amines) is 1. The first-order chi connectivity index (χ1) is 6.69. The Hall–Kier alpha value is -0.0800. The van der Waals surface area contributed by atoms with Gasteiger partial charge in [-0.2, -0.15) is 0 Å². The van der Waals surface area contributed by atoms with E-state index in [-0.39, 0.29) is 0 Å². The summed E-state index contributed by atoms with van der Waals surface area (Å²) in [5.74, 6) is 0. The van der Waals surface area contributed by atoms with Gasteiger partial charge in [0.05, 0.1) is 0 Å². The van der Waals surface area contributed by atoms with E-state index in [9.17, 15) is 0 Å². The first-order valence-corrected chi connectivity index (χ1v) is 6.19. The molecule has 2 atom stereocenters. The van der Waals surface area contributed by atoms with Crippen LogP contribution in [0.15, 0.2) is 0 Å². The number of nitrogens with zero attached hydrogens (tertiary/aromatic N) is 1. The van der Waals surface area contributed by atoms with E-state index >= 15 is 0 Å². The molecule has 0 spiro atoms. The van der Waals surface area contributed by atoms with Gasteiger partial charge >= 0.3 is 0 Å². The predicted molar refractivity (Wildman–Crippen MR) is 60.2 cm³/mol. The molecule has 0 aromatic rings. The lowest BCUT2D eigenvalue weighted by Gasteiger charge is -2.52. The lowest BCUT2D eigenvalue weighted by molar-refractivity contribution is -0.0353. The van der Waals surface area contributed by atoms with E-state index < -0.39 is 0 Å². The van der Waals surface area contributed by atoms with E-state index in [0.29, 0.717) is 11.5 Å². The SMILES string of the molecule is CCC1(CC)CN(C2CCC(N)C2)C1. The fraction of sp³-hybridized carbons (Fsp3) is 1.00. The zero-order valence-corrected chi connectivity index (χ0v) is 9.63. The van der Waals surface area contributed by atoms with Crippen molar-refractivity contribution in [3.05, 3.63) is 0 Å². The molecule has 2 rings (SSSR count). The van der Waals surface area contributed by atoms with Crippen LogP contribution in [-0.2, 0) is 0 Å². The monoisotopic (exact) mass is 196 g/mol. The summed E-state index contributed by atoms with van der Waals surface area (Å²) in [7, 11) is 0. The highest BCUT2D eigenvalue weighted by Crippen LogP contribution is 2.40. The average Bonchev–Trinajstić information content (AvgIpc) is 2.52. The normalized spacial score (nSPS) is 37.1. The third kappa shape index (κ3) is 1.70. The Morgan fingerprint density at radius 1 is 1.21 bits per heavy atom. The summed E-state index contributed by atoms with van der Waals surface area (Å²) in [6, 6.07) is 1.30. The second kappa shape index (κ2) is 3.82. The van der Waals surface area contributed by atoms with Crippen molar-refractivity contribution in [1.29, 1.82) is 0 Å². The van der Waals surface area contributed by atoms with Gasteiger partial charge in [-0.05, 0) is 37.5 Å². The number of hydrogen-bond donors (Lipinski definition) is 1. The van der Waals surface area contributed by atoms with E-state index in [1.165, 1.54) is 45.2 Å². The predicted octanol–water partition coefficient (Wildman–Crippen LogP) is 1.99. The smallest absolute Gasteiger partial charge is 0.0111 e. The minimum absolute atomic E-state index is 0.484. The molecule has 0 aromatic heterocycles. The van der Waals surface area contributed by atoms with E-state index in [0.717, 1.165) is 6.04 Å². The molecule has 14 heavy (non-hydrogen) atoms. The first kappa shape index (κ1) is 10.4. The molecule has 2 unspecified atom stereocenters. The molecule has 0 amide bonds. The van der Waals surface area contributed by atoms with Gasteiger partial charge in [0.15, 0.2) is 0 Å². The highest BCUT2D eigenvalue weighted by Gasteiger charge is 2.43. The Labute approximate surface area is 87.8 Å². The Morgan fingerprint density at radius 3 is 2.29 bits per heavy atom. The highest BCUT2D eigenvalue weighted by molar-refractivity contribution is 4.98. The van der Waals surface area contributed by atoms with Gasteiger partial charge in [0.2, 0.25) is 0 Å². The molecule has 2 fully saturated rings. The van der Waals surface area contributed by atoms with Crippen LogP contribution in [0.1, 0.15) is 46.0 Å². The zero-order valence-electron chi connectivity index (χ0n) is 9.63. The molecule has 0 radical (unpaired) electrons. The van der Waals surface area contributed by atoms with E-state index in [1.807, 2.05) is 0 Å². The van der Waals surface area contributed by atoms with Crippen molar-refractivity contribution in [3.8, 4) is 0 Å². The summed E-state index contributed by atoms with van der Waals surface area (Å²) in [5, 5.41) is 0. The zero-order chi connectivity index (χ0) is 10.2. The largest absolute Gasteiger partial charge is 0.328 e. The number of rotatable bonds is 3. The summed E-state index contributed by atoms with van der Waals surface area (Å²) in [4.78, 5) is 2.67. The third-order valence-corrected chi connectivity index (χ3v) is 4.54. The second-order valence-electron chi connectivity index (χ2n) is 5.34. The summed E-state index contributed by atoms with van der Waals surface area (Å²) in [6.07, 6.45) is 6.51. The van der Waals surface area contributed by atoms with Crippen LogP contribution in [0.25, 0.3) is 0 Å². The van der Waals surface area contributed by atoms with Gasteiger partial charge < -0.3 is 5.73 Å². The minimum atomic E-state index is 0.484. The maximum atomic E-state index is 5.95. The van der Waals surface area contributed by atoms with Crippen molar-refractivity contribution in [2.24, 2.45) is 11.1 Å². The minimum Gasteiger partial charge on any atom is -0.328 e.